The molecule has 0 aliphatic heterocycles. The number of hydrogen-bond acceptors (Lipinski definition) is 2. The topological polar surface area (TPSA) is 30.7 Å². The second kappa shape index (κ2) is 4.42. The quantitative estimate of drug-likeness (QED) is 0.704. The number of aryl methyl sites for hydroxylation is 1. The number of rotatable bonds is 2. The van der Waals surface area contributed by atoms with Crippen LogP contribution in [0.3, 0.4) is 0 Å². The average molecular weight is 258 g/mol. The van der Waals surface area contributed by atoms with E-state index in [0.717, 1.165) is 23.5 Å². The first-order valence-corrected chi connectivity index (χ1v) is 6.14. The van der Waals surface area contributed by atoms with Crippen molar-refractivity contribution in [2.75, 3.05) is 0 Å². The highest BCUT2D eigenvalue weighted by molar-refractivity contribution is 6.31. The van der Waals surface area contributed by atoms with Gasteiger partial charge in [-0.3, -0.25) is 0 Å². The van der Waals surface area contributed by atoms with Crippen molar-refractivity contribution in [1.82, 2.24) is 14.5 Å². The summed E-state index contributed by atoms with van der Waals surface area (Å²) in [5.41, 5.74) is 2.95. The molecule has 0 saturated heterocycles. The van der Waals surface area contributed by atoms with Crippen molar-refractivity contribution in [3.8, 4) is 0 Å². The highest BCUT2D eigenvalue weighted by Gasteiger charge is 2.09. The number of halogens is 1. The van der Waals surface area contributed by atoms with E-state index in [-0.39, 0.29) is 0 Å². The van der Waals surface area contributed by atoms with Crippen LogP contribution in [0.15, 0.2) is 42.6 Å². The second-order valence-electron chi connectivity index (χ2n) is 4.23. The highest BCUT2D eigenvalue weighted by atomic mass is 35.5. The number of benzene rings is 1. The third-order valence-electron chi connectivity index (χ3n) is 2.93. The third kappa shape index (κ3) is 1.97. The minimum atomic E-state index is 0.617. The van der Waals surface area contributed by atoms with Crippen molar-refractivity contribution in [2.24, 2.45) is 0 Å². The molecule has 0 fully saturated rings. The molecule has 0 amide bonds. The van der Waals surface area contributed by atoms with Crippen molar-refractivity contribution in [1.29, 1.82) is 0 Å². The maximum absolute atomic E-state index is 5.93. The van der Waals surface area contributed by atoms with E-state index in [4.69, 9.17) is 11.6 Å². The van der Waals surface area contributed by atoms with Gasteiger partial charge in [-0.1, -0.05) is 41.9 Å². The summed E-state index contributed by atoms with van der Waals surface area (Å²) in [6.07, 6.45) is 1.66. The monoisotopic (exact) mass is 257 g/mol. The Kier molecular flexibility index (Phi) is 2.76. The van der Waals surface area contributed by atoms with E-state index in [1.54, 1.807) is 6.20 Å². The maximum atomic E-state index is 5.93. The summed E-state index contributed by atoms with van der Waals surface area (Å²) in [6, 6.07) is 12.1. The van der Waals surface area contributed by atoms with Gasteiger partial charge in [0.05, 0.1) is 11.6 Å². The third-order valence-corrected chi connectivity index (χ3v) is 3.13. The molecule has 2 heterocycles. The molecule has 0 N–H and O–H groups in total. The fraction of sp³-hybridized carbons (Fsp3) is 0.143. The molecule has 2 aromatic heterocycles. The van der Waals surface area contributed by atoms with Crippen molar-refractivity contribution in [3.05, 3.63) is 59.0 Å². The van der Waals surface area contributed by atoms with Crippen molar-refractivity contribution in [3.63, 3.8) is 0 Å². The highest BCUT2D eigenvalue weighted by Crippen LogP contribution is 2.18. The van der Waals surface area contributed by atoms with Gasteiger partial charge in [0.2, 0.25) is 0 Å². The lowest BCUT2D eigenvalue weighted by molar-refractivity contribution is 0.777. The fourth-order valence-corrected chi connectivity index (χ4v) is 2.21. The lowest BCUT2D eigenvalue weighted by Crippen LogP contribution is -2.02. The molecule has 3 nitrogen and oxygen atoms in total. The van der Waals surface area contributed by atoms with Gasteiger partial charge in [0.15, 0.2) is 5.65 Å². The number of hydrogen-bond donors (Lipinski definition) is 0. The molecule has 0 saturated carbocycles. The number of fused-ring (bicyclic) bond motifs is 1. The first kappa shape index (κ1) is 11.2. The lowest BCUT2D eigenvalue weighted by Gasteiger charge is -2.06. The first-order chi connectivity index (χ1) is 8.74. The van der Waals surface area contributed by atoms with Crippen molar-refractivity contribution >= 4 is 22.8 Å². The molecule has 3 aromatic rings. The molecule has 4 heteroatoms. The predicted octanol–water partition coefficient (Wildman–Crippen LogP) is 3.44. The van der Waals surface area contributed by atoms with E-state index in [1.165, 1.54) is 5.56 Å². The number of nitrogens with zero attached hydrogens (tertiary/aromatic N) is 3. The number of aromatic nitrogens is 3. The van der Waals surface area contributed by atoms with Gasteiger partial charge in [-0.25, -0.2) is 9.97 Å². The van der Waals surface area contributed by atoms with Crippen LogP contribution >= 0.6 is 11.6 Å². The van der Waals surface area contributed by atoms with Gasteiger partial charge in [0.1, 0.15) is 11.3 Å². The van der Waals surface area contributed by atoms with Gasteiger partial charge >= 0.3 is 0 Å². The van der Waals surface area contributed by atoms with Gasteiger partial charge < -0.3 is 4.57 Å². The predicted molar refractivity (Wildman–Crippen MR) is 72.8 cm³/mol. The Bertz CT molecular complexity index is 689. The number of pyridine rings is 1. The second-order valence-corrected chi connectivity index (χ2v) is 4.66. The van der Waals surface area contributed by atoms with Crippen LogP contribution in [0, 0.1) is 6.92 Å². The van der Waals surface area contributed by atoms with E-state index in [9.17, 15) is 0 Å². The first-order valence-electron chi connectivity index (χ1n) is 5.76. The van der Waals surface area contributed by atoms with Gasteiger partial charge in [-0.05, 0) is 18.6 Å². The molecule has 0 spiro atoms. The van der Waals surface area contributed by atoms with Crippen LogP contribution < -0.4 is 0 Å². The van der Waals surface area contributed by atoms with Gasteiger partial charge in [-0.2, -0.15) is 0 Å². The zero-order chi connectivity index (χ0) is 12.5. The summed E-state index contributed by atoms with van der Waals surface area (Å²) < 4.78 is 2.10. The molecular formula is C14H12ClN3. The summed E-state index contributed by atoms with van der Waals surface area (Å²) >= 11 is 5.93. The molecule has 3 rings (SSSR count). The SMILES string of the molecule is Cc1nc2cc(Cl)cnc2n1Cc1ccccc1. The largest absolute Gasteiger partial charge is 0.308 e. The Morgan fingerprint density at radius 1 is 1.22 bits per heavy atom. The summed E-state index contributed by atoms with van der Waals surface area (Å²) in [5, 5.41) is 0.617. The summed E-state index contributed by atoms with van der Waals surface area (Å²) in [4.78, 5) is 8.85. The summed E-state index contributed by atoms with van der Waals surface area (Å²) in [6.45, 7) is 2.76. The van der Waals surface area contributed by atoms with Crippen molar-refractivity contribution in [2.45, 2.75) is 13.5 Å². The normalized spacial score (nSPS) is 11.0. The zero-order valence-electron chi connectivity index (χ0n) is 9.97. The molecule has 1 aromatic carbocycles. The summed E-state index contributed by atoms with van der Waals surface area (Å²) in [5.74, 6) is 0.948. The average Bonchev–Trinajstić information content (AvgIpc) is 2.66. The van der Waals surface area contributed by atoms with Crippen molar-refractivity contribution < 1.29 is 0 Å². The molecule has 0 atom stereocenters. The van der Waals surface area contributed by atoms with Gasteiger partial charge in [0.25, 0.3) is 0 Å². The molecule has 0 bridgehead atoms. The lowest BCUT2D eigenvalue weighted by atomic mass is 10.2. The molecule has 0 aliphatic carbocycles. The van der Waals surface area contributed by atoms with Gasteiger partial charge in [-0.15, -0.1) is 0 Å². The van der Waals surface area contributed by atoms with Crippen LogP contribution in [-0.4, -0.2) is 14.5 Å². The van der Waals surface area contributed by atoms with E-state index in [2.05, 4.69) is 26.7 Å². The molecule has 0 aliphatic rings. The van der Waals surface area contributed by atoms with E-state index in [0.29, 0.717) is 5.02 Å². The Hall–Kier alpha value is -1.87. The maximum Gasteiger partial charge on any atom is 0.160 e. The van der Waals surface area contributed by atoms with E-state index in [1.807, 2.05) is 31.2 Å². The van der Waals surface area contributed by atoms with Crippen LogP contribution in [0.25, 0.3) is 11.2 Å². The number of imidazole rings is 1. The van der Waals surface area contributed by atoms with Crippen LogP contribution in [0.1, 0.15) is 11.4 Å². The Labute approximate surface area is 110 Å². The Morgan fingerprint density at radius 3 is 2.78 bits per heavy atom. The minimum absolute atomic E-state index is 0.617. The van der Waals surface area contributed by atoms with Crippen LogP contribution in [0.2, 0.25) is 5.02 Å². The van der Waals surface area contributed by atoms with Crippen LogP contribution in [-0.2, 0) is 6.54 Å². The molecule has 0 radical (unpaired) electrons. The minimum Gasteiger partial charge on any atom is -0.308 e. The molecule has 18 heavy (non-hydrogen) atoms. The molecule has 0 unspecified atom stereocenters. The summed E-state index contributed by atoms with van der Waals surface area (Å²) in [7, 11) is 0. The van der Waals surface area contributed by atoms with Crippen LogP contribution in [0.4, 0.5) is 0 Å². The van der Waals surface area contributed by atoms with E-state index >= 15 is 0 Å². The Balaban J connectivity index is 2.09. The molecular weight excluding hydrogens is 246 g/mol. The van der Waals surface area contributed by atoms with Crippen LogP contribution in [0.5, 0.6) is 0 Å². The van der Waals surface area contributed by atoms with E-state index < -0.39 is 0 Å². The fourth-order valence-electron chi connectivity index (χ4n) is 2.05. The smallest absolute Gasteiger partial charge is 0.160 e. The van der Waals surface area contributed by atoms with Gasteiger partial charge in [0, 0.05) is 6.20 Å². The standard InChI is InChI=1S/C14H12ClN3/c1-10-17-13-7-12(15)8-16-14(13)18(10)9-11-5-3-2-4-6-11/h2-8H,9H2,1H3. The Morgan fingerprint density at radius 2 is 2.00 bits per heavy atom. The zero-order valence-corrected chi connectivity index (χ0v) is 10.7. The molecule has 90 valence electrons.